The molecule has 0 saturated carbocycles. The van der Waals surface area contributed by atoms with Gasteiger partial charge in [0, 0.05) is 21.5 Å². The van der Waals surface area contributed by atoms with Crippen molar-refractivity contribution < 1.29 is 0 Å². The topological polar surface area (TPSA) is 58.9 Å². The molecular weight excluding hydrogens is 514 g/mol. The fraction of sp³-hybridized carbons (Fsp3) is 0. The molecule has 5 nitrogen and oxygen atoms in total. The SMILES string of the molecule is N#Cc1ccc(-c2cc3c4ccccc4n(-c4nc5ccccc5c5nc6ccccc6n45)c3c3ccccc23)cc1. The van der Waals surface area contributed by atoms with Crippen LogP contribution in [-0.2, 0) is 0 Å². The number of rotatable bonds is 2. The summed E-state index contributed by atoms with van der Waals surface area (Å²) in [6.07, 6.45) is 0. The second-order valence-corrected chi connectivity index (χ2v) is 10.6. The Labute approximate surface area is 240 Å². The summed E-state index contributed by atoms with van der Waals surface area (Å²) in [5, 5.41) is 15.0. The lowest BCUT2D eigenvalue weighted by Crippen LogP contribution is -2.06. The van der Waals surface area contributed by atoms with E-state index in [2.05, 4.69) is 100.0 Å². The predicted molar refractivity (Wildman–Crippen MR) is 170 cm³/mol. The first-order chi connectivity index (χ1) is 20.8. The second kappa shape index (κ2) is 8.50. The molecule has 5 heteroatoms. The monoisotopic (exact) mass is 535 g/mol. The molecule has 3 aromatic heterocycles. The van der Waals surface area contributed by atoms with Crippen molar-refractivity contribution in [3.8, 4) is 23.1 Å². The Morgan fingerprint density at radius 2 is 1.19 bits per heavy atom. The van der Waals surface area contributed by atoms with Crippen molar-refractivity contribution in [1.29, 1.82) is 5.26 Å². The summed E-state index contributed by atoms with van der Waals surface area (Å²) in [7, 11) is 0. The molecule has 0 radical (unpaired) electrons. The molecule has 0 atom stereocenters. The first kappa shape index (κ1) is 22.8. The Morgan fingerprint density at radius 3 is 1.98 bits per heavy atom. The van der Waals surface area contributed by atoms with Crippen LogP contribution in [-0.4, -0.2) is 18.9 Å². The summed E-state index contributed by atoms with van der Waals surface area (Å²) in [4.78, 5) is 10.4. The number of hydrogen-bond acceptors (Lipinski definition) is 3. The van der Waals surface area contributed by atoms with E-state index in [4.69, 9.17) is 9.97 Å². The highest BCUT2D eigenvalue weighted by atomic mass is 15.2. The largest absolute Gasteiger partial charge is 0.278 e. The van der Waals surface area contributed by atoms with Crippen LogP contribution in [0, 0.1) is 11.3 Å². The maximum Gasteiger partial charge on any atom is 0.221 e. The van der Waals surface area contributed by atoms with Crippen LogP contribution in [0.1, 0.15) is 5.56 Å². The smallest absolute Gasteiger partial charge is 0.221 e. The molecule has 0 fully saturated rings. The molecule has 6 aromatic carbocycles. The van der Waals surface area contributed by atoms with Crippen LogP contribution in [0.5, 0.6) is 0 Å². The van der Waals surface area contributed by atoms with Gasteiger partial charge in [0.05, 0.1) is 39.2 Å². The third-order valence-electron chi connectivity index (χ3n) is 8.33. The Bertz CT molecular complexity index is 2580. The van der Waals surface area contributed by atoms with Crippen LogP contribution in [0.25, 0.3) is 77.2 Å². The molecule has 0 N–H and O–H groups in total. The van der Waals surface area contributed by atoms with Crippen molar-refractivity contribution in [3.63, 3.8) is 0 Å². The van der Waals surface area contributed by atoms with E-state index < -0.39 is 0 Å². The zero-order valence-corrected chi connectivity index (χ0v) is 22.4. The number of aromatic nitrogens is 4. The number of nitriles is 1. The molecule has 9 aromatic rings. The number of hydrogen-bond donors (Lipinski definition) is 0. The molecule has 0 unspecified atom stereocenters. The third kappa shape index (κ3) is 3.06. The maximum atomic E-state index is 9.37. The average Bonchev–Trinajstić information content (AvgIpc) is 3.61. The van der Waals surface area contributed by atoms with Crippen molar-refractivity contribution in [2.45, 2.75) is 0 Å². The van der Waals surface area contributed by atoms with E-state index in [1.807, 2.05) is 42.5 Å². The number of nitrogens with zero attached hydrogens (tertiary/aromatic N) is 5. The summed E-state index contributed by atoms with van der Waals surface area (Å²) in [6, 6.07) is 46.0. The number of imidazole rings is 1. The molecule has 3 heterocycles. The molecule has 42 heavy (non-hydrogen) atoms. The Balaban J connectivity index is 1.50. The molecule has 0 bridgehead atoms. The van der Waals surface area contributed by atoms with Crippen LogP contribution in [0.15, 0.2) is 127 Å². The first-order valence-electron chi connectivity index (χ1n) is 13.9. The Kier molecular flexibility index (Phi) is 4.61. The lowest BCUT2D eigenvalue weighted by atomic mass is 9.95. The molecule has 0 aliphatic carbocycles. The van der Waals surface area contributed by atoms with Gasteiger partial charge in [-0.05, 0) is 65.0 Å². The highest BCUT2D eigenvalue weighted by molar-refractivity contribution is 6.22. The average molecular weight is 536 g/mol. The lowest BCUT2D eigenvalue weighted by molar-refractivity contribution is 0.982. The molecule has 0 amide bonds. The van der Waals surface area contributed by atoms with E-state index in [1.165, 1.54) is 0 Å². The number of fused-ring (bicyclic) bond motifs is 10. The molecule has 0 spiro atoms. The summed E-state index contributed by atoms with van der Waals surface area (Å²) < 4.78 is 4.51. The summed E-state index contributed by atoms with van der Waals surface area (Å²) in [5.74, 6) is 0.805. The minimum atomic E-state index is 0.652. The van der Waals surface area contributed by atoms with Crippen LogP contribution >= 0.6 is 0 Å². The fourth-order valence-electron chi connectivity index (χ4n) is 6.47. The van der Waals surface area contributed by atoms with Crippen LogP contribution in [0.3, 0.4) is 0 Å². The summed E-state index contributed by atoms with van der Waals surface area (Å²) in [5.41, 5.74) is 8.80. The van der Waals surface area contributed by atoms with Crippen molar-refractivity contribution in [1.82, 2.24) is 18.9 Å². The van der Waals surface area contributed by atoms with Crippen molar-refractivity contribution in [3.05, 3.63) is 133 Å². The van der Waals surface area contributed by atoms with Gasteiger partial charge in [-0.2, -0.15) is 5.26 Å². The highest BCUT2D eigenvalue weighted by Gasteiger charge is 2.22. The van der Waals surface area contributed by atoms with Gasteiger partial charge in [-0.3, -0.25) is 8.97 Å². The van der Waals surface area contributed by atoms with Gasteiger partial charge in [0.25, 0.3) is 0 Å². The summed E-state index contributed by atoms with van der Waals surface area (Å²) in [6.45, 7) is 0. The maximum absolute atomic E-state index is 9.37. The van der Waals surface area contributed by atoms with Gasteiger partial charge in [-0.25, -0.2) is 9.97 Å². The van der Waals surface area contributed by atoms with E-state index in [-0.39, 0.29) is 0 Å². The molecular formula is C37H21N5. The van der Waals surface area contributed by atoms with Gasteiger partial charge in [0.2, 0.25) is 5.95 Å². The molecule has 0 aliphatic heterocycles. The molecule has 0 saturated heterocycles. The minimum Gasteiger partial charge on any atom is -0.278 e. The normalized spacial score (nSPS) is 11.8. The lowest BCUT2D eigenvalue weighted by Gasteiger charge is -2.14. The van der Waals surface area contributed by atoms with Gasteiger partial charge < -0.3 is 0 Å². The van der Waals surface area contributed by atoms with Crippen LogP contribution < -0.4 is 0 Å². The summed E-state index contributed by atoms with van der Waals surface area (Å²) >= 11 is 0. The van der Waals surface area contributed by atoms with Gasteiger partial charge in [0.1, 0.15) is 5.65 Å². The van der Waals surface area contributed by atoms with Gasteiger partial charge >= 0.3 is 0 Å². The second-order valence-electron chi connectivity index (χ2n) is 10.6. The zero-order chi connectivity index (χ0) is 27.8. The quantitative estimate of drug-likeness (QED) is 0.222. The van der Waals surface area contributed by atoms with Crippen LogP contribution in [0.2, 0.25) is 0 Å². The van der Waals surface area contributed by atoms with Gasteiger partial charge in [-0.1, -0.05) is 78.9 Å². The molecule has 9 rings (SSSR count). The Morgan fingerprint density at radius 1 is 0.548 bits per heavy atom. The van der Waals surface area contributed by atoms with E-state index in [0.29, 0.717) is 5.56 Å². The van der Waals surface area contributed by atoms with Crippen LogP contribution in [0.4, 0.5) is 0 Å². The third-order valence-corrected chi connectivity index (χ3v) is 8.33. The molecule has 0 aliphatic rings. The van der Waals surface area contributed by atoms with E-state index in [1.54, 1.807) is 0 Å². The fourth-order valence-corrected chi connectivity index (χ4v) is 6.47. The van der Waals surface area contributed by atoms with Crippen molar-refractivity contribution in [2.24, 2.45) is 0 Å². The van der Waals surface area contributed by atoms with Crippen molar-refractivity contribution in [2.75, 3.05) is 0 Å². The van der Waals surface area contributed by atoms with Gasteiger partial charge in [0.15, 0.2) is 0 Å². The molecule has 194 valence electrons. The highest BCUT2D eigenvalue weighted by Crippen LogP contribution is 2.41. The number of benzene rings is 6. The van der Waals surface area contributed by atoms with E-state index >= 15 is 0 Å². The van der Waals surface area contributed by atoms with Gasteiger partial charge in [-0.15, -0.1) is 0 Å². The van der Waals surface area contributed by atoms with Crippen molar-refractivity contribution >= 4 is 60.2 Å². The Hall–Kier alpha value is -5.99. The first-order valence-corrected chi connectivity index (χ1v) is 13.9. The minimum absolute atomic E-state index is 0.652. The standard InChI is InChI=1S/C37H21N5/c38-22-23-17-19-24(20-18-23)29-21-30-26-10-4-7-15-33(26)41(35(30)27-11-2-1-9-25(27)29)37-40-31-13-5-3-12-28(31)36-39-32-14-6-8-16-34(32)42(36)37/h1-21H. The van der Waals surface area contributed by atoms with E-state index in [0.717, 1.165) is 77.2 Å². The van der Waals surface area contributed by atoms with E-state index in [9.17, 15) is 5.26 Å². The zero-order valence-electron chi connectivity index (χ0n) is 22.4. The predicted octanol–water partition coefficient (Wildman–Crippen LogP) is 8.82. The number of para-hydroxylation sites is 4.